The second kappa shape index (κ2) is 8.80. The maximum Gasteiger partial charge on any atom is 0.254 e. The Morgan fingerprint density at radius 2 is 1.88 bits per heavy atom. The minimum atomic E-state index is -1.09. The lowest BCUT2D eigenvalue weighted by Crippen LogP contribution is -2.67. The number of carbonyl (C=O) groups excluding carboxylic acids is 2. The van der Waals surface area contributed by atoms with Gasteiger partial charge in [0, 0.05) is 48.7 Å². The van der Waals surface area contributed by atoms with Gasteiger partial charge in [-0.2, -0.15) is 0 Å². The van der Waals surface area contributed by atoms with Crippen LogP contribution in [0, 0.1) is 0 Å². The first-order chi connectivity index (χ1) is 16.5. The van der Waals surface area contributed by atoms with E-state index in [1.165, 1.54) is 0 Å². The molecular weight excluding hydrogens is 430 g/mol. The summed E-state index contributed by atoms with van der Waals surface area (Å²) in [6.07, 6.45) is 0.701. The molecule has 34 heavy (non-hydrogen) atoms. The molecule has 0 radical (unpaired) electrons. The number of fused-ring (bicyclic) bond motifs is 5. The zero-order valence-corrected chi connectivity index (χ0v) is 20.0. The fourth-order valence-electron chi connectivity index (χ4n) is 5.59. The lowest BCUT2D eigenvalue weighted by Gasteiger charge is -2.51. The number of nitrogens with one attached hydrogen (secondary N) is 1. The van der Waals surface area contributed by atoms with E-state index >= 15 is 0 Å². The number of aromatic nitrogens is 1. The molecule has 0 spiro atoms. The van der Waals surface area contributed by atoms with Crippen molar-refractivity contribution in [3.05, 3.63) is 65.4 Å². The zero-order valence-electron chi connectivity index (χ0n) is 20.0. The number of aromatic amines is 1. The Hall–Kier alpha value is -3.32. The van der Waals surface area contributed by atoms with E-state index < -0.39 is 5.54 Å². The molecule has 1 aromatic heterocycles. The third-order valence-electron chi connectivity index (χ3n) is 7.25. The largest absolute Gasteiger partial charge is 0.496 e. The van der Waals surface area contributed by atoms with Gasteiger partial charge in [0.05, 0.1) is 19.3 Å². The van der Waals surface area contributed by atoms with Crippen molar-refractivity contribution in [1.29, 1.82) is 0 Å². The quantitative estimate of drug-likeness (QED) is 0.545. The molecular formula is C27H31N3O4. The average Bonchev–Trinajstić information content (AvgIpc) is 3.26. The lowest BCUT2D eigenvalue weighted by molar-refractivity contribution is -0.166. The lowest BCUT2D eigenvalue weighted by atomic mass is 9.76. The fourth-order valence-corrected chi connectivity index (χ4v) is 5.59. The van der Waals surface area contributed by atoms with Crippen LogP contribution >= 0.6 is 0 Å². The monoisotopic (exact) mass is 461 g/mol. The van der Waals surface area contributed by atoms with E-state index in [2.05, 4.69) is 11.1 Å². The first-order valence-electron chi connectivity index (χ1n) is 11.9. The number of piperazine rings is 1. The molecule has 3 heterocycles. The Bertz CT molecular complexity index is 1240. The number of hydrogen-bond donors (Lipinski definition) is 1. The van der Waals surface area contributed by atoms with Crippen LogP contribution in [0.25, 0.3) is 10.9 Å². The Balaban J connectivity index is 1.64. The molecule has 2 aliphatic rings. The summed E-state index contributed by atoms with van der Waals surface area (Å²) < 4.78 is 11.1. The Morgan fingerprint density at radius 3 is 2.68 bits per heavy atom. The van der Waals surface area contributed by atoms with Crippen LogP contribution in [0.1, 0.15) is 43.0 Å². The molecule has 1 saturated heterocycles. The molecule has 7 nitrogen and oxygen atoms in total. The number of hydrogen-bond acceptors (Lipinski definition) is 4. The highest BCUT2D eigenvalue weighted by atomic mass is 16.5. The molecule has 2 amide bonds. The Morgan fingerprint density at radius 1 is 1.12 bits per heavy atom. The summed E-state index contributed by atoms with van der Waals surface area (Å²) in [7, 11) is 1.66. The summed E-state index contributed by atoms with van der Waals surface area (Å²) in [5.74, 6) is 0.579. The number of nitrogens with zero attached hydrogens (tertiary/aromatic N) is 2. The minimum absolute atomic E-state index is 0.0392. The van der Waals surface area contributed by atoms with Crippen LogP contribution in [0.4, 0.5) is 0 Å². The molecule has 0 aliphatic carbocycles. The highest BCUT2D eigenvalue weighted by molar-refractivity contribution is 6.01. The van der Waals surface area contributed by atoms with E-state index in [-0.39, 0.29) is 24.3 Å². The van der Waals surface area contributed by atoms with Crippen molar-refractivity contribution >= 4 is 22.7 Å². The average molecular weight is 462 g/mol. The van der Waals surface area contributed by atoms with Crippen LogP contribution in [0.3, 0.4) is 0 Å². The summed E-state index contributed by atoms with van der Waals surface area (Å²) in [4.78, 5) is 34.4. The highest BCUT2D eigenvalue weighted by Crippen LogP contribution is 2.49. The number of benzene rings is 2. The van der Waals surface area contributed by atoms with Crippen LogP contribution in [0.5, 0.6) is 5.75 Å². The molecule has 2 aromatic carbocycles. The Labute approximate surface area is 199 Å². The first kappa shape index (κ1) is 22.5. The van der Waals surface area contributed by atoms with Gasteiger partial charge in [-0.1, -0.05) is 36.4 Å². The van der Waals surface area contributed by atoms with Crippen LogP contribution < -0.4 is 4.74 Å². The van der Waals surface area contributed by atoms with Gasteiger partial charge in [0.15, 0.2) is 5.54 Å². The second-order valence-electron chi connectivity index (χ2n) is 9.11. The fraction of sp³-hybridized carbons (Fsp3) is 0.407. The third kappa shape index (κ3) is 3.38. The maximum atomic E-state index is 13.9. The molecule has 2 aliphatic heterocycles. The van der Waals surface area contributed by atoms with Crippen LogP contribution in [0.15, 0.2) is 48.5 Å². The summed E-state index contributed by atoms with van der Waals surface area (Å²) in [6, 6.07) is 16.0. The highest BCUT2D eigenvalue weighted by Gasteiger charge is 2.56. The van der Waals surface area contributed by atoms with E-state index in [1.807, 2.05) is 56.3 Å². The molecule has 0 saturated carbocycles. The molecule has 2 unspecified atom stereocenters. The molecule has 7 heteroatoms. The molecule has 1 N–H and O–H groups in total. The number of methoxy groups -OCH3 is 1. The maximum absolute atomic E-state index is 13.9. The van der Waals surface area contributed by atoms with Gasteiger partial charge in [-0.15, -0.1) is 0 Å². The van der Waals surface area contributed by atoms with Crippen molar-refractivity contribution in [2.45, 2.75) is 31.7 Å². The van der Waals surface area contributed by atoms with Gasteiger partial charge < -0.3 is 24.3 Å². The van der Waals surface area contributed by atoms with Crippen molar-refractivity contribution in [2.75, 3.05) is 40.0 Å². The van der Waals surface area contributed by atoms with E-state index in [0.29, 0.717) is 32.7 Å². The summed E-state index contributed by atoms with van der Waals surface area (Å²) in [5, 5.41) is 1.07. The predicted octanol–water partition coefficient (Wildman–Crippen LogP) is 3.63. The van der Waals surface area contributed by atoms with Crippen LogP contribution in [0.2, 0.25) is 0 Å². The number of H-pyrrole nitrogens is 1. The van der Waals surface area contributed by atoms with Crippen molar-refractivity contribution in [3.8, 4) is 5.75 Å². The smallest absolute Gasteiger partial charge is 0.254 e. The van der Waals surface area contributed by atoms with Gasteiger partial charge in [-0.05, 0) is 38.0 Å². The van der Waals surface area contributed by atoms with Gasteiger partial charge in [0.1, 0.15) is 5.75 Å². The van der Waals surface area contributed by atoms with Crippen molar-refractivity contribution in [1.82, 2.24) is 14.8 Å². The van der Waals surface area contributed by atoms with E-state index in [9.17, 15) is 9.59 Å². The summed E-state index contributed by atoms with van der Waals surface area (Å²) >= 11 is 0. The molecule has 0 bridgehead atoms. The van der Waals surface area contributed by atoms with Gasteiger partial charge in [0.25, 0.3) is 5.91 Å². The summed E-state index contributed by atoms with van der Waals surface area (Å²) in [6.45, 7) is 6.06. The number of amides is 2. The summed E-state index contributed by atoms with van der Waals surface area (Å²) in [5.41, 5.74) is 2.75. The van der Waals surface area contributed by atoms with Crippen molar-refractivity contribution in [3.63, 3.8) is 0 Å². The molecule has 5 rings (SSSR count). The normalized spacial score (nSPS) is 22.1. The van der Waals surface area contributed by atoms with E-state index in [0.717, 1.165) is 33.5 Å². The minimum Gasteiger partial charge on any atom is -0.496 e. The van der Waals surface area contributed by atoms with Crippen molar-refractivity contribution < 1.29 is 19.1 Å². The molecule has 3 aromatic rings. The van der Waals surface area contributed by atoms with Gasteiger partial charge in [-0.3, -0.25) is 9.59 Å². The van der Waals surface area contributed by atoms with Gasteiger partial charge >= 0.3 is 0 Å². The van der Waals surface area contributed by atoms with Gasteiger partial charge in [-0.25, -0.2) is 0 Å². The van der Waals surface area contributed by atoms with Crippen LogP contribution in [-0.2, 0) is 19.9 Å². The van der Waals surface area contributed by atoms with Crippen LogP contribution in [-0.4, -0.2) is 66.6 Å². The van der Waals surface area contributed by atoms with E-state index in [4.69, 9.17) is 9.47 Å². The third-order valence-corrected chi connectivity index (χ3v) is 7.25. The zero-order chi connectivity index (χ0) is 23.9. The van der Waals surface area contributed by atoms with E-state index in [1.54, 1.807) is 16.9 Å². The van der Waals surface area contributed by atoms with Gasteiger partial charge in [0.2, 0.25) is 5.91 Å². The molecule has 178 valence electrons. The number of carbonyl (C=O) groups is 2. The first-order valence-corrected chi connectivity index (χ1v) is 11.9. The topological polar surface area (TPSA) is 74.9 Å². The molecule has 2 atom stereocenters. The Kier molecular flexibility index (Phi) is 5.81. The predicted molar refractivity (Wildman–Crippen MR) is 130 cm³/mol. The number of rotatable bonds is 7. The standard InChI is InChI=1S/C27H31N3O4/c1-4-34-15-9-14-29-17-23(31)30-16-20(18-10-6-8-13-22(18)33-3)24-19-11-5-7-12-21(19)28-25(24)27(30,2)26(29)32/h5-8,10-13,20,28H,4,9,14-17H2,1-3H3. The SMILES string of the molecule is CCOCCCN1CC(=O)N2CC(c3ccccc3OC)c3c([nH]c4ccccc34)C2(C)C1=O. The number of ether oxygens (including phenoxy) is 2. The molecule has 1 fully saturated rings. The second-order valence-corrected chi connectivity index (χ2v) is 9.11. The van der Waals surface area contributed by atoms with Crippen molar-refractivity contribution in [2.24, 2.45) is 0 Å². The number of para-hydroxylation sites is 2.